The smallest absolute Gasteiger partial charge is 0.189 e. The molecule has 3 rings (SSSR count). The van der Waals surface area contributed by atoms with E-state index in [0.29, 0.717) is 0 Å². The van der Waals surface area contributed by atoms with Gasteiger partial charge in [0.05, 0.1) is 17.2 Å². The number of thioether (sulfide) groups is 1. The lowest BCUT2D eigenvalue weighted by molar-refractivity contribution is 0.901. The van der Waals surface area contributed by atoms with Crippen molar-refractivity contribution in [2.24, 2.45) is 0 Å². The fourth-order valence-corrected chi connectivity index (χ4v) is 1.95. The lowest BCUT2D eigenvalue weighted by Crippen LogP contribution is -1.98. The Morgan fingerprint density at radius 3 is 3.00 bits per heavy atom. The Kier molecular flexibility index (Phi) is 2.49. The molecule has 84 valence electrons. The highest BCUT2D eigenvalue weighted by Crippen LogP contribution is 2.16. The van der Waals surface area contributed by atoms with Crippen LogP contribution in [0.25, 0.3) is 16.9 Å². The second-order valence-corrected chi connectivity index (χ2v) is 4.15. The SMILES string of the molecule is CSc1nccc(-n2cnc3ccncc32)n1. The monoisotopic (exact) mass is 243 g/mol. The number of aromatic nitrogens is 5. The summed E-state index contributed by atoms with van der Waals surface area (Å²) >= 11 is 1.51. The average molecular weight is 243 g/mol. The Morgan fingerprint density at radius 1 is 1.18 bits per heavy atom. The zero-order chi connectivity index (χ0) is 11.7. The third kappa shape index (κ3) is 1.76. The molecule has 0 radical (unpaired) electrons. The molecule has 0 aromatic carbocycles. The average Bonchev–Trinajstić information content (AvgIpc) is 2.82. The van der Waals surface area contributed by atoms with Crippen LogP contribution in [0.4, 0.5) is 0 Å². The molecule has 0 saturated heterocycles. The maximum absolute atomic E-state index is 4.43. The van der Waals surface area contributed by atoms with E-state index < -0.39 is 0 Å². The first-order valence-corrected chi connectivity index (χ1v) is 6.25. The van der Waals surface area contributed by atoms with E-state index in [4.69, 9.17) is 0 Å². The number of imidazole rings is 1. The highest BCUT2D eigenvalue weighted by atomic mass is 32.2. The van der Waals surface area contributed by atoms with Gasteiger partial charge in [-0.05, 0) is 18.4 Å². The molecule has 0 N–H and O–H groups in total. The van der Waals surface area contributed by atoms with Gasteiger partial charge in [-0.1, -0.05) is 11.8 Å². The van der Waals surface area contributed by atoms with Gasteiger partial charge in [-0.15, -0.1) is 0 Å². The van der Waals surface area contributed by atoms with Gasteiger partial charge in [0.25, 0.3) is 0 Å². The number of pyridine rings is 1. The molecule has 0 aliphatic rings. The van der Waals surface area contributed by atoms with E-state index in [1.165, 1.54) is 11.8 Å². The van der Waals surface area contributed by atoms with Gasteiger partial charge < -0.3 is 0 Å². The van der Waals surface area contributed by atoms with Crippen LogP contribution >= 0.6 is 11.8 Å². The Balaban J connectivity index is 2.20. The normalized spacial score (nSPS) is 10.9. The quantitative estimate of drug-likeness (QED) is 0.508. The van der Waals surface area contributed by atoms with Crippen molar-refractivity contribution in [2.45, 2.75) is 5.16 Å². The summed E-state index contributed by atoms with van der Waals surface area (Å²) in [5.41, 5.74) is 1.85. The summed E-state index contributed by atoms with van der Waals surface area (Å²) < 4.78 is 1.91. The number of hydrogen-bond acceptors (Lipinski definition) is 5. The van der Waals surface area contributed by atoms with Crippen molar-refractivity contribution in [3.8, 4) is 5.82 Å². The Morgan fingerprint density at radius 2 is 2.12 bits per heavy atom. The van der Waals surface area contributed by atoms with Crippen molar-refractivity contribution in [2.75, 3.05) is 6.26 Å². The van der Waals surface area contributed by atoms with Gasteiger partial charge in [0.1, 0.15) is 12.1 Å². The van der Waals surface area contributed by atoms with E-state index in [2.05, 4.69) is 19.9 Å². The van der Waals surface area contributed by atoms with Crippen LogP contribution < -0.4 is 0 Å². The molecule has 3 heterocycles. The van der Waals surface area contributed by atoms with E-state index in [1.54, 1.807) is 24.9 Å². The van der Waals surface area contributed by atoms with Gasteiger partial charge in [0.15, 0.2) is 5.16 Å². The van der Waals surface area contributed by atoms with Crippen LogP contribution in [0.15, 0.2) is 42.2 Å². The number of fused-ring (bicyclic) bond motifs is 1. The molecule has 0 aliphatic heterocycles. The predicted molar refractivity (Wildman–Crippen MR) is 66.2 cm³/mol. The molecule has 0 spiro atoms. The first kappa shape index (κ1) is 10.2. The molecule has 0 atom stereocenters. The van der Waals surface area contributed by atoms with Gasteiger partial charge in [-0.2, -0.15) is 0 Å². The zero-order valence-electron chi connectivity index (χ0n) is 9.11. The van der Waals surface area contributed by atoms with Gasteiger partial charge in [0, 0.05) is 12.4 Å². The molecule has 5 nitrogen and oxygen atoms in total. The van der Waals surface area contributed by atoms with E-state index in [-0.39, 0.29) is 0 Å². The van der Waals surface area contributed by atoms with Crippen LogP contribution in [0, 0.1) is 0 Å². The molecule has 3 aromatic heterocycles. The summed E-state index contributed by atoms with van der Waals surface area (Å²) in [5, 5.41) is 0.744. The maximum Gasteiger partial charge on any atom is 0.189 e. The molecule has 17 heavy (non-hydrogen) atoms. The van der Waals surface area contributed by atoms with Crippen LogP contribution in [0.3, 0.4) is 0 Å². The molecule has 0 saturated carbocycles. The highest BCUT2D eigenvalue weighted by Gasteiger charge is 2.06. The van der Waals surface area contributed by atoms with E-state index in [0.717, 1.165) is 22.0 Å². The molecule has 0 unspecified atom stereocenters. The van der Waals surface area contributed by atoms with Crippen LogP contribution in [0.2, 0.25) is 0 Å². The van der Waals surface area contributed by atoms with Gasteiger partial charge >= 0.3 is 0 Å². The molecule has 3 aromatic rings. The lowest BCUT2D eigenvalue weighted by atomic mass is 10.4. The van der Waals surface area contributed by atoms with Crippen LogP contribution in [-0.2, 0) is 0 Å². The fourth-order valence-electron chi connectivity index (χ4n) is 1.60. The summed E-state index contributed by atoms with van der Waals surface area (Å²) in [6, 6.07) is 3.73. The van der Waals surface area contributed by atoms with E-state index in [9.17, 15) is 0 Å². The molecule has 0 bridgehead atoms. The molecule has 0 fully saturated rings. The van der Waals surface area contributed by atoms with Gasteiger partial charge in [-0.25, -0.2) is 15.0 Å². The van der Waals surface area contributed by atoms with Crippen molar-refractivity contribution in [3.05, 3.63) is 37.1 Å². The maximum atomic E-state index is 4.43. The second kappa shape index (κ2) is 4.14. The van der Waals surface area contributed by atoms with E-state index in [1.807, 2.05) is 23.0 Å². The van der Waals surface area contributed by atoms with Crippen molar-refractivity contribution in [3.63, 3.8) is 0 Å². The zero-order valence-corrected chi connectivity index (χ0v) is 9.92. The Bertz CT molecular complexity index is 664. The van der Waals surface area contributed by atoms with Gasteiger partial charge in [-0.3, -0.25) is 9.55 Å². The van der Waals surface area contributed by atoms with Crippen molar-refractivity contribution >= 4 is 22.8 Å². The summed E-state index contributed by atoms with van der Waals surface area (Å²) in [7, 11) is 0. The van der Waals surface area contributed by atoms with Crippen molar-refractivity contribution < 1.29 is 0 Å². The van der Waals surface area contributed by atoms with Crippen molar-refractivity contribution in [1.29, 1.82) is 0 Å². The predicted octanol–water partition coefficient (Wildman–Crippen LogP) is 1.93. The van der Waals surface area contributed by atoms with E-state index >= 15 is 0 Å². The first-order valence-electron chi connectivity index (χ1n) is 5.03. The number of hydrogen-bond donors (Lipinski definition) is 0. The summed E-state index contributed by atoms with van der Waals surface area (Å²) in [6.45, 7) is 0. The molecule has 6 heteroatoms. The largest absolute Gasteiger partial charge is 0.281 e. The molecule has 0 aliphatic carbocycles. The highest BCUT2D eigenvalue weighted by molar-refractivity contribution is 7.98. The summed E-state index contributed by atoms with van der Waals surface area (Å²) in [5.74, 6) is 0.805. The Hall–Kier alpha value is -1.95. The summed E-state index contributed by atoms with van der Waals surface area (Å²) in [4.78, 5) is 17.0. The number of rotatable bonds is 2. The van der Waals surface area contributed by atoms with Crippen molar-refractivity contribution in [1.82, 2.24) is 24.5 Å². The van der Waals surface area contributed by atoms with Crippen LogP contribution in [0.5, 0.6) is 0 Å². The van der Waals surface area contributed by atoms with Gasteiger partial charge in [0.2, 0.25) is 0 Å². The second-order valence-electron chi connectivity index (χ2n) is 3.38. The Labute approximate surface area is 102 Å². The lowest BCUT2D eigenvalue weighted by Gasteiger charge is -2.03. The third-order valence-electron chi connectivity index (χ3n) is 2.40. The standard InChI is InChI=1S/C11H9N5S/c1-17-11-13-5-3-10(15-11)16-7-14-8-2-4-12-6-9(8)16/h2-7H,1H3. The molecular formula is C11H9N5S. The minimum absolute atomic E-state index is 0.744. The molecule has 0 amide bonds. The minimum atomic E-state index is 0.744. The summed E-state index contributed by atoms with van der Waals surface area (Å²) in [6.07, 6.45) is 8.96. The topological polar surface area (TPSA) is 56.5 Å². The minimum Gasteiger partial charge on any atom is -0.281 e. The van der Waals surface area contributed by atoms with Crippen LogP contribution in [-0.4, -0.2) is 30.8 Å². The fraction of sp³-hybridized carbons (Fsp3) is 0.0909. The molecular weight excluding hydrogens is 234 g/mol. The van der Waals surface area contributed by atoms with Crippen LogP contribution in [0.1, 0.15) is 0 Å². The third-order valence-corrected chi connectivity index (χ3v) is 2.96. The number of nitrogens with zero attached hydrogens (tertiary/aromatic N) is 5. The first-order chi connectivity index (χ1) is 8.38.